The van der Waals surface area contributed by atoms with Crippen LogP contribution in [0.3, 0.4) is 0 Å². The Morgan fingerprint density at radius 3 is 2.64 bits per heavy atom. The molecule has 0 radical (unpaired) electrons. The smallest absolute Gasteiger partial charge is 0.406 e. The topological polar surface area (TPSA) is 82.1 Å². The molecule has 6 unspecified atom stereocenters. The van der Waals surface area contributed by atoms with Gasteiger partial charge in [0, 0.05) is 21.6 Å². The van der Waals surface area contributed by atoms with E-state index in [2.05, 4.69) is 18.6 Å². The van der Waals surface area contributed by atoms with Gasteiger partial charge in [0.1, 0.15) is 5.75 Å². The lowest BCUT2D eigenvalue weighted by Gasteiger charge is -2.59. The molecule has 1 aromatic carbocycles. The molecule has 1 aromatic rings. The zero-order chi connectivity index (χ0) is 30.1. The van der Waals surface area contributed by atoms with Crippen molar-refractivity contribution in [1.82, 2.24) is 0 Å². The van der Waals surface area contributed by atoms with Gasteiger partial charge in [-0.1, -0.05) is 38.8 Å². The van der Waals surface area contributed by atoms with Crippen molar-refractivity contribution >= 4 is 23.3 Å². The lowest BCUT2D eigenvalue weighted by atomic mass is 9.46. The number of aliphatic hydroxyl groups excluding tert-OH is 1. The van der Waals surface area contributed by atoms with Gasteiger partial charge in [0.2, 0.25) is 0 Å². The van der Waals surface area contributed by atoms with Gasteiger partial charge in [0.25, 0.3) is 0 Å². The lowest BCUT2D eigenvalue weighted by Crippen LogP contribution is -2.63. The Kier molecular flexibility index (Phi) is 7.47. The second-order valence-corrected chi connectivity index (χ2v) is 13.9. The molecule has 1 heterocycles. The van der Waals surface area contributed by atoms with Crippen LogP contribution in [-0.4, -0.2) is 52.9 Å². The summed E-state index contributed by atoms with van der Waals surface area (Å²) in [6.07, 6.45) is 2.98. The number of halogens is 3. The summed E-state index contributed by atoms with van der Waals surface area (Å²) in [4.78, 5) is 27.1. The van der Waals surface area contributed by atoms with Gasteiger partial charge in [0.05, 0.1) is 18.0 Å². The summed E-state index contributed by atoms with van der Waals surface area (Å²) in [7, 11) is 0. The number of aliphatic hydroxyl groups is 1. The zero-order valence-electron chi connectivity index (χ0n) is 24.0. The third-order valence-corrected chi connectivity index (χ3v) is 11.7. The number of carbonyl (C=O) groups is 2. The van der Waals surface area contributed by atoms with E-state index in [1.807, 2.05) is 13.0 Å². The molecule has 1 N–H and O–H groups in total. The predicted octanol–water partition coefficient (Wildman–Crippen LogP) is 6.42. The summed E-state index contributed by atoms with van der Waals surface area (Å²) in [5.74, 6) is -0.271. The largest absolute Gasteiger partial charge is 0.573 e. The maximum Gasteiger partial charge on any atom is 0.573 e. The highest BCUT2D eigenvalue weighted by Crippen LogP contribution is 2.69. The third-order valence-electron chi connectivity index (χ3n) is 10.7. The molecule has 10 heteroatoms. The lowest BCUT2D eigenvalue weighted by molar-refractivity contribution is -0.274. The first-order valence-electron chi connectivity index (χ1n) is 14.8. The molecule has 0 amide bonds. The van der Waals surface area contributed by atoms with E-state index >= 15 is 0 Å². The minimum atomic E-state index is -4.77. The van der Waals surface area contributed by atoms with Gasteiger partial charge in [-0.3, -0.25) is 9.59 Å². The minimum Gasteiger partial charge on any atom is -0.406 e. The quantitative estimate of drug-likeness (QED) is 0.359. The third kappa shape index (κ3) is 4.68. The van der Waals surface area contributed by atoms with E-state index in [1.165, 1.54) is 36.0 Å². The number of rotatable bonds is 7. The summed E-state index contributed by atoms with van der Waals surface area (Å²) in [6.45, 7) is 6.23. The number of ketones is 2. The second kappa shape index (κ2) is 10.5. The minimum absolute atomic E-state index is 0.0141. The fourth-order valence-corrected chi connectivity index (χ4v) is 9.84. The van der Waals surface area contributed by atoms with Gasteiger partial charge in [-0.05, 0) is 80.4 Å². The van der Waals surface area contributed by atoms with Crippen LogP contribution in [0.25, 0.3) is 0 Å². The van der Waals surface area contributed by atoms with Crippen LogP contribution < -0.4 is 4.74 Å². The maximum atomic E-state index is 14.3. The molecule has 9 atom stereocenters. The molecule has 1 aliphatic heterocycles. The van der Waals surface area contributed by atoms with Crippen LogP contribution in [-0.2, 0) is 19.1 Å². The van der Waals surface area contributed by atoms with E-state index in [0.29, 0.717) is 24.2 Å². The highest BCUT2D eigenvalue weighted by atomic mass is 32.2. The van der Waals surface area contributed by atoms with Crippen molar-refractivity contribution in [2.45, 2.75) is 94.7 Å². The highest BCUT2D eigenvalue weighted by molar-refractivity contribution is 8.00. The summed E-state index contributed by atoms with van der Waals surface area (Å²) in [5.41, 5.74) is -1.25. The number of ether oxygens (including phenoxy) is 3. The molecular formula is C32H37F3O6S. The van der Waals surface area contributed by atoms with Crippen molar-refractivity contribution < 1.29 is 42.1 Å². The Labute approximate surface area is 248 Å². The van der Waals surface area contributed by atoms with Gasteiger partial charge in [0.15, 0.2) is 23.5 Å². The van der Waals surface area contributed by atoms with E-state index in [1.54, 1.807) is 12.2 Å². The summed E-state index contributed by atoms with van der Waals surface area (Å²) in [6, 6.07) is 5.48. The first-order valence-corrected chi connectivity index (χ1v) is 15.8. The number of benzene rings is 1. The number of allylic oxidation sites excluding steroid dienone is 4. The van der Waals surface area contributed by atoms with Gasteiger partial charge in [-0.2, -0.15) is 0 Å². The predicted molar refractivity (Wildman–Crippen MR) is 150 cm³/mol. The Morgan fingerprint density at radius 1 is 1.21 bits per heavy atom. The number of thioether (sulfide) groups is 1. The molecule has 6 rings (SSSR count). The van der Waals surface area contributed by atoms with Crippen LogP contribution >= 0.6 is 11.8 Å². The monoisotopic (exact) mass is 606 g/mol. The van der Waals surface area contributed by atoms with E-state index in [-0.39, 0.29) is 40.8 Å². The number of hydrogen-bond donors (Lipinski definition) is 1. The van der Waals surface area contributed by atoms with E-state index in [4.69, 9.17) is 9.47 Å². The number of alkyl halides is 3. The van der Waals surface area contributed by atoms with Crippen LogP contribution in [0.5, 0.6) is 5.75 Å². The fourth-order valence-electron chi connectivity index (χ4n) is 9.00. The van der Waals surface area contributed by atoms with Gasteiger partial charge in [-0.25, -0.2) is 0 Å². The van der Waals surface area contributed by atoms with Crippen molar-refractivity contribution in [3.63, 3.8) is 0 Å². The Hall–Kier alpha value is -2.14. The second-order valence-electron chi connectivity index (χ2n) is 12.9. The maximum absolute atomic E-state index is 14.3. The molecule has 5 aliphatic rings. The normalized spacial score (nSPS) is 40.5. The van der Waals surface area contributed by atoms with E-state index in [9.17, 15) is 27.9 Å². The van der Waals surface area contributed by atoms with Crippen LogP contribution in [0, 0.1) is 28.6 Å². The molecule has 0 bridgehead atoms. The van der Waals surface area contributed by atoms with Gasteiger partial charge < -0.3 is 19.3 Å². The highest BCUT2D eigenvalue weighted by Gasteiger charge is 2.75. The molecule has 6 nitrogen and oxygen atoms in total. The van der Waals surface area contributed by atoms with E-state index < -0.39 is 41.3 Å². The van der Waals surface area contributed by atoms with Crippen LogP contribution in [0.15, 0.2) is 53.0 Å². The molecule has 0 aromatic heterocycles. The first kappa shape index (κ1) is 29.9. The van der Waals surface area contributed by atoms with Crippen molar-refractivity contribution in [1.29, 1.82) is 0 Å². The fraction of sp³-hybridized carbons (Fsp3) is 0.625. The van der Waals surface area contributed by atoms with Crippen molar-refractivity contribution in [3.8, 4) is 5.75 Å². The SMILES string of the molecule is CCCC1O[C@@H]2CC3C4CCC5=CC(=O)C=CC5(C)C4[C@@H](O)CC3(C)[C@]2(C(=O)CSc2ccc(OC(F)(F)F)cc2)O1. The Morgan fingerprint density at radius 2 is 1.95 bits per heavy atom. The van der Waals surface area contributed by atoms with Crippen LogP contribution in [0.4, 0.5) is 13.2 Å². The molecule has 1 saturated heterocycles. The molecule has 4 fully saturated rings. The average Bonchev–Trinajstić information content (AvgIpc) is 3.39. The number of fused-ring (bicyclic) bond motifs is 7. The van der Waals surface area contributed by atoms with E-state index in [0.717, 1.165) is 24.8 Å². The zero-order valence-corrected chi connectivity index (χ0v) is 24.8. The summed E-state index contributed by atoms with van der Waals surface area (Å²) >= 11 is 1.24. The Bertz CT molecular complexity index is 1310. The van der Waals surface area contributed by atoms with Crippen LogP contribution in [0.2, 0.25) is 0 Å². The molecule has 4 aliphatic carbocycles. The van der Waals surface area contributed by atoms with Crippen LogP contribution in [0.1, 0.15) is 59.3 Å². The summed E-state index contributed by atoms with van der Waals surface area (Å²) in [5, 5.41) is 11.8. The number of Topliss-reactive ketones (excluding diaryl/α,β-unsaturated/α-hetero) is 1. The van der Waals surface area contributed by atoms with Crippen molar-refractivity contribution in [2.24, 2.45) is 28.6 Å². The molecule has 42 heavy (non-hydrogen) atoms. The molecular weight excluding hydrogens is 569 g/mol. The number of carbonyl (C=O) groups excluding carboxylic acids is 2. The van der Waals surface area contributed by atoms with Crippen molar-refractivity contribution in [2.75, 3.05) is 5.75 Å². The Balaban J connectivity index is 1.28. The standard InChI is InChI=1S/C32H37F3O6S/c1-4-5-27-39-26-15-23-22-11-6-18-14-19(36)12-13-29(18,2)28(22)24(37)16-30(23,3)31(26,41-27)25(38)17-42-21-9-7-20(8-10-21)40-32(33,34)35/h7-10,12-14,22-24,26-28,37H,4-6,11,15-17H2,1-3H3/t22?,23?,24-,26+,27?,28?,29?,30?,31+/m0/s1. The molecule has 0 spiro atoms. The average molecular weight is 607 g/mol. The molecule has 228 valence electrons. The van der Waals surface area contributed by atoms with Gasteiger partial charge in [-0.15, -0.1) is 24.9 Å². The van der Waals surface area contributed by atoms with Gasteiger partial charge >= 0.3 is 6.36 Å². The summed E-state index contributed by atoms with van der Waals surface area (Å²) < 4.78 is 54.8. The number of hydrogen-bond acceptors (Lipinski definition) is 7. The first-order chi connectivity index (χ1) is 19.8. The van der Waals surface area contributed by atoms with Crippen molar-refractivity contribution in [3.05, 3.63) is 48.1 Å². The molecule has 3 saturated carbocycles.